The summed E-state index contributed by atoms with van der Waals surface area (Å²) in [4.78, 5) is 27.3. The molecule has 1 N–H and O–H groups in total. The van der Waals surface area contributed by atoms with E-state index in [1.165, 1.54) is 19.4 Å². The normalized spacial score (nSPS) is 10.5. The molecule has 0 aliphatic rings. The number of aromatic nitrogens is 1. The van der Waals surface area contributed by atoms with Crippen molar-refractivity contribution in [1.82, 2.24) is 4.98 Å². The Hall–Kier alpha value is -2.42. The average Bonchev–Trinajstić information content (AvgIpc) is 2.36. The first-order chi connectivity index (χ1) is 8.79. The summed E-state index contributed by atoms with van der Waals surface area (Å²) in [5.41, 5.74) is -0.238. The summed E-state index contributed by atoms with van der Waals surface area (Å²) in [5.74, 6) is -0.955. The SMILES string of the molecule is COC(=O)c1ncc(C#N)cc1NC(=O)C(C)(C)C. The zero-order valence-electron chi connectivity index (χ0n) is 11.3. The highest BCUT2D eigenvalue weighted by molar-refractivity contribution is 6.01. The van der Waals surface area contributed by atoms with Crippen molar-refractivity contribution in [3.05, 3.63) is 23.5 Å². The third-order valence-corrected chi connectivity index (χ3v) is 2.32. The molecule has 0 aliphatic carbocycles. The Bertz CT molecular complexity index is 553. The van der Waals surface area contributed by atoms with Gasteiger partial charge in [0.05, 0.1) is 18.4 Å². The van der Waals surface area contributed by atoms with Crippen molar-refractivity contribution >= 4 is 17.6 Å². The summed E-state index contributed by atoms with van der Waals surface area (Å²) in [6.45, 7) is 5.21. The smallest absolute Gasteiger partial charge is 0.358 e. The topological polar surface area (TPSA) is 92.1 Å². The molecule has 0 radical (unpaired) electrons. The van der Waals surface area contributed by atoms with Gasteiger partial charge in [0, 0.05) is 11.6 Å². The van der Waals surface area contributed by atoms with Gasteiger partial charge in [-0.1, -0.05) is 20.8 Å². The van der Waals surface area contributed by atoms with Crippen LogP contribution in [0.1, 0.15) is 36.8 Å². The molecule has 0 spiro atoms. The number of hydrogen-bond acceptors (Lipinski definition) is 5. The maximum absolute atomic E-state index is 11.9. The first-order valence-electron chi connectivity index (χ1n) is 5.59. The predicted octanol–water partition coefficient (Wildman–Crippen LogP) is 1.72. The number of anilines is 1. The second-order valence-corrected chi connectivity index (χ2v) is 4.93. The number of methoxy groups -OCH3 is 1. The first kappa shape index (κ1) is 14.6. The molecule has 0 saturated heterocycles. The number of carbonyl (C=O) groups excluding carboxylic acids is 2. The predicted molar refractivity (Wildman–Crippen MR) is 68.4 cm³/mol. The van der Waals surface area contributed by atoms with Gasteiger partial charge >= 0.3 is 5.97 Å². The van der Waals surface area contributed by atoms with E-state index in [0.717, 1.165) is 0 Å². The van der Waals surface area contributed by atoms with Crippen molar-refractivity contribution in [3.63, 3.8) is 0 Å². The van der Waals surface area contributed by atoms with E-state index in [4.69, 9.17) is 5.26 Å². The summed E-state index contributed by atoms with van der Waals surface area (Å²) in [6.07, 6.45) is 1.25. The highest BCUT2D eigenvalue weighted by atomic mass is 16.5. The quantitative estimate of drug-likeness (QED) is 0.818. The molecule has 1 aromatic rings. The van der Waals surface area contributed by atoms with E-state index in [1.54, 1.807) is 20.8 Å². The Balaban J connectivity index is 3.20. The van der Waals surface area contributed by atoms with E-state index < -0.39 is 11.4 Å². The molecular weight excluding hydrogens is 246 g/mol. The Kier molecular flexibility index (Phi) is 4.22. The number of nitrogens with one attached hydrogen (secondary N) is 1. The van der Waals surface area contributed by atoms with E-state index >= 15 is 0 Å². The minimum Gasteiger partial charge on any atom is -0.464 e. The van der Waals surface area contributed by atoms with E-state index in [1.807, 2.05) is 6.07 Å². The third-order valence-electron chi connectivity index (χ3n) is 2.32. The Morgan fingerprint density at radius 2 is 2.05 bits per heavy atom. The van der Waals surface area contributed by atoms with Gasteiger partial charge < -0.3 is 10.1 Å². The summed E-state index contributed by atoms with van der Waals surface area (Å²) in [6, 6.07) is 3.29. The third kappa shape index (κ3) is 3.52. The number of amides is 1. The number of hydrogen-bond donors (Lipinski definition) is 1. The second-order valence-electron chi connectivity index (χ2n) is 4.93. The van der Waals surface area contributed by atoms with Gasteiger partial charge in [0.2, 0.25) is 5.91 Å². The van der Waals surface area contributed by atoms with Crippen LogP contribution in [0.4, 0.5) is 5.69 Å². The lowest BCUT2D eigenvalue weighted by Gasteiger charge is -2.18. The second kappa shape index (κ2) is 5.48. The number of carbonyl (C=O) groups is 2. The van der Waals surface area contributed by atoms with Gasteiger partial charge in [-0.2, -0.15) is 5.26 Å². The van der Waals surface area contributed by atoms with E-state index in [2.05, 4.69) is 15.0 Å². The summed E-state index contributed by atoms with van der Waals surface area (Å²) >= 11 is 0. The number of nitrogens with zero attached hydrogens (tertiary/aromatic N) is 2. The van der Waals surface area contributed by atoms with E-state index in [0.29, 0.717) is 0 Å². The minimum absolute atomic E-state index is 0.0286. The van der Waals surface area contributed by atoms with Crippen molar-refractivity contribution in [2.45, 2.75) is 20.8 Å². The van der Waals surface area contributed by atoms with Crippen molar-refractivity contribution < 1.29 is 14.3 Å². The largest absolute Gasteiger partial charge is 0.464 e. The fraction of sp³-hybridized carbons (Fsp3) is 0.385. The Morgan fingerprint density at radius 1 is 1.42 bits per heavy atom. The molecule has 6 heteroatoms. The summed E-state index contributed by atoms with van der Waals surface area (Å²) in [5, 5.41) is 11.4. The van der Waals surface area contributed by atoms with Crippen molar-refractivity contribution in [2.24, 2.45) is 5.41 Å². The lowest BCUT2D eigenvalue weighted by atomic mass is 9.95. The molecule has 1 heterocycles. The van der Waals surface area contributed by atoms with Crippen LogP contribution in [-0.4, -0.2) is 24.0 Å². The molecule has 19 heavy (non-hydrogen) atoms. The van der Waals surface area contributed by atoms with Crippen LogP contribution in [0, 0.1) is 16.7 Å². The van der Waals surface area contributed by atoms with Crippen LogP contribution in [-0.2, 0) is 9.53 Å². The number of esters is 1. The van der Waals surface area contributed by atoms with Gasteiger partial charge in [0.15, 0.2) is 5.69 Å². The van der Waals surface area contributed by atoms with Gasteiger partial charge in [-0.3, -0.25) is 4.79 Å². The van der Waals surface area contributed by atoms with E-state index in [-0.39, 0.29) is 22.9 Å². The molecule has 0 bridgehead atoms. The Morgan fingerprint density at radius 3 is 2.53 bits per heavy atom. The highest BCUT2D eigenvalue weighted by Gasteiger charge is 2.24. The first-order valence-corrected chi connectivity index (χ1v) is 5.59. The molecule has 1 aromatic heterocycles. The number of rotatable bonds is 2. The molecule has 6 nitrogen and oxygen atoms in total. The van der Waals surface area contributed by atoms with Gasteiger partial charge in [0.25, 0.3) is 0 Å². The molecule has 0 saturated carbocycles. The van der Waals surface area contributed by atoms with E-state index in [9.17, 15) is 9.59 Å². The molecule has 1 rings (SSSR count). The number of ether oxygens (including phenoxy) is 1. The standard InChI is InChI=1S/C13H15N3O3/c1-13(2,3)12(18)16-9-5-8(6-14)7-15-10(9)11(17)19-4/h5,7H,1-4H3,(H,16,18). The molecule has 0 aliphatic heterocycles. The average molecular weight is 261 g/mol. The fourth-order valence-electron chi connectivity index (χ4n) is 1.19. The zero-order chi connectivity index (χ0) is 14.6. The van der Waals surface area contributed by atoms with Gasteiger partial charge in [-0.05, 0) is 6.07 Å². The summed E-state index contributed by atoms with van der Waals surface area (Å²) in [7, 11) is 1.22. The molecule has 0 unspecified atom stereocenters. The molecule has 0 fully saturated rings. The number of pyridine rings is 1. The van der Waals surface area contributed by atoms with Crippen LogP contribution in [0.2, 0.25) is 0 Å². The van der Waals surface area contributed by atoms with Crippen LogP contribution < -0.4 is 5.32 Å². The lowest BCUT2D eigenvalue weighted by molar-refractivity contribution is -0.123. The van der Waals surface area contributed by atoms with Crippen molar-refractivity contribution in [3.8, 4) is 6.07 Å². The number of nitriles is 1. The monoisotopic (exact) mass is 261 g/mol. The minimum atomic E-state index is -0.673. The highest BCUT2D eigenvalue weighted by Crippen LogP contribution is 2.20. The van der Waals surface area contributed by atoms with Gasteiger partial charge in [-0.25, -0.2) is 9.78 Å². The van der Waals surface area contributed by atoms with Crippen molar-refractivity contribution in [1.29, 1.82) is 5.26 Å². The van der Waals surface area contributed by atoms with Gasteiger partial charge in [-0.15, -0.1) is 0 Å². The molecule has 0 aromatic carbocycles. The van der Waals surface area contributed by atoms with Crippen LogP contribution in [0.25, 0.3) is 0 Å². The maximum Gasteiger partial charge on any atom is 0.358 e. The summed E-state index contributed by atoms with van der Waals surface area (Å²) < 4.78 is 4.58. The Labute approximate surface area is 111 Å². The van der Waals surface area contributed by atoms with Crippen LogP contribution in [0.3, 0.4) is 0 Å². The van der Waals surface area contributed by atoms with Crippen molar-refractivity contribution in [2.75, 3.05) is 12.4 Å². The van der Waals surface area contributed by atoms with Crippen LogP contribution >= 0.6 is 0 Å². The van der Waals surface area contributed by atoms with Crippen LogP contribution in [0.5, 0.6) is 0 Å². The molecule has 100 valence electrons. The maximum atomic E-state index is 11.9. The van der Waals surface area contributed by atoms with Gasteiger partial charge in [0.1, 0.15) is 6.07 Å². The molecule has 1 amide bonds. The fourth-order valence-corrected chi connectivity index (χ4v) is 1.19. The van der Waals surface area contributed by atoms with Crippen LogP contribution in [0.15, 0.2) is 12.3 Å². The molecule has 0 atom stereocenters. The zero-order valence-corrected chi connectivity index (χ0v) is 11.3. The molecular formula is C13H15N3O3. The lowest BCUT2D eigenvalue weighted by Crippen LogP contribution is -2.28.